The molecule has 1 aliphatic heterocycles. The van der Waals surface area contributed by atoms with E-state index in [1.165, 1.54) is 0 Å². The van der Waals surface area contributed by atoms with Crippen LogP contribution in [0.4, 0.5) is 11.4 Å². The van der Waals surface area contributed by atoms with Gasteiger partial charge < -0.3 is 20.6 Å². The summed E-state index contributed by atoms with van der Waals surface area (Å²) in [6.07, 6.45) is 2.98. The third kappa shape index (κ3) is 7.05. The standard InChI is InChI=1S/C21H32N4O4/c1-3-5-6-19(26)23-18-8-7-16(14-17(18)21(28)29)25-12-10-24(11-13-25)15-20(27)22-9-4-2/h7-8,14H,3-6,9-13,15H2,1-2H3,(H,22,27)(H,23,26)(H,28,29). The van der Waals surface area contributed by atoms with E-state index in [4.69, 9.17) is 0 Å². The lowest BCUT2D eigenvalue weighted by atomic mass is 10.1. The van der Waals surface area contributed by atoms with Crippen LogP contribution in [0.25, 0.3) is 0 Å². The maximum Gasteiger partial charge on any atom is 0.337 e. The molecular weight excluding hydrogens is 372 g/mol. The van der Waals surface area contributed by atoms with Gasteiger partial charge in [0.25, 0.3) is 0 Å². The Morgan fingerprint density at radius 1 is 1.03 bits per heavy atom. The number of unbranched alkanes of at least 4 members (excludes halogenated alkanes) is 1. The number of nitrogens with zero attached hydrogens (tertiary/aromatic N) is 2. The topological polar surface area (TPSA) is 102 Å². The summed E-state index contributed by atoms with van der Waals surface area (Å²) in [5.41, 5.74) is 1.23. The number of carboxylic acid groups (broad SMARTS) is 1. The Labute approximate surface area is 172 Å². The van der Waals surface area contributed by atoms with E-state index in [1.54, 1.807) is 12.1 Å². The number of rotatable bonds is 10. The van der Waals surface area contributed by atoms with E-state index in [2.05, 4.69) is 20.4 Å². The smallest absolute Gasteiger partial charge is 0.337 e. The number of aromatic carboxylic acids is 1. The largest absolute Gasteiger partial charge is 0.478 e. The van der Waals surface area contributed by atoms with Crippen LogP contribution in [-0.2, 0) is 9.59 Å². The van der Waals surface area contributed by atoms with Gasteiger partial charge in [-0.15, -0.1) is 0 Å². The number of anilines is 2. The van der Waals surface area contributed by atoms with E-state index in [1.807, 2.05) is 19.9 Å². The van der Waals surface area contributed by atoms with E-state index in [0.717, 1.165) is 38.0 Å². The Kier molecular flexibility index (Phi) is 8.92. The molecule has 1 heterocycles. The van der Waals surface area contributed by atoms with Gasteiger partial charge in [-0.1, -0.05) is 20.3 Å². The van der Waals surface area contributed by atoms with Crippen molar-refractivity contribution >= 4 is 29.2 Å². The average molecular weight is 405 g/mol. The minimum absolute atomic E-state index is 0.0385. The summed E-state index contributed by atoms with van der Waals surface area (Å²) < 4.78 is 0. The molecule has 1 fully saturated rings. The highest BCUT2D eigenvalue weighted by molar-refractivity contribution is 6.01. The maximum atomic E-state index is 12.0. The molecule has 1 saturated heterocycles. The first-order valence-electron chi connectivity index (χ1n) is 10.4. The van der Waals surface area contributed by atoms with Gasteiger partial charge in [-0.2, -0.15) is 0 Å². The lowest BCUT2D eigenvalue weighted by Gasteiger charge is -2.36. The Morgan fingerprint density at radius 3 is 2.38 bits per heavy atom. The van der Waals surface area contributed by atoms with E-state index in [-0.39, 0.29) is 17.4 Å². The fraction of sp³-hybridized carbons (Fsp3) is 0.571. The highest BCUT2D eigenvalue weighted by Crippen LogP contribution is 2.25. The molecule has 0 radical (unpaired) electrons. The van der Waals surface area contributed by atoms with Gasteiger partial charge in [0.2, 0.25) is 11.8 Å². The Bertz CT molecular complexity index is 715. The van der Waals surface area contributed by atoms with Crippen molar-refractivity contribution in [1.29, 1.82) is 0 Å². The molecule has 1 aromatic carbocycles. The summed E-state index contributed by atoms with van der Waals surface area (Å²) in [7, 11) is 0. The molecule has 2 rings (SSSR count). The van der Waals surface area contributed by atoms with Gasteiger partial charge in [0.1, 0.15) is 0 Å². The first-order chi connectivity index (χ1) is 13.9. The molecule has 0 aromatic heterocycles. The van der Waals surface area contributed by atoms with Crippen molar-refractivity contribution in [3.05, 3.63) is 23.8 Å². The second-order valence-electron chi connectivity index (χ2n) is 7.30. The van der Waals surface area contributed by atoms with Gasteiger partial charge in [0.15, 0.2) is 0 Å². The third-order valence-electron chi connectivity index (χ3n) is 4.94. The number of hydrogen-bond acceptors (Lipinski definition) is 5. The van der Waals surface area contributed by atoms with Crippen LogP contribution in [0.1, 0.15) is 49.9 Å². The zero-order valence-electron chi connectivity index (χ0n) is 17.4. The fourth-order valence-electron chi connectivity index (χ4n) is 3.25. The van der Waals surface area contributed by atoms with E-state index >= 15 is 0 Å². The van der Waals surface area contributed by atoms with Gasteiger partial charge in [-0.3, -0.25) is 14.5 Å². The number of carboxylic acids is 1. The van der Waals surface area contributed by atoms with Crippen LogP contribution >= 0.6 is 0 Å². The lowest BCUT2D eigenvalue weighted by molar-refractivity contribution is -0.122. The molecule has 1 aliphatic rings. The maximum absolute atomic E-state index is 12.0. The summed E-state index contributed by atoms with van der Waals surface area (Å²) in [6.45, 7) is 7.99. The van der Waals surface area contributed by atoms with Crippen LogP contribution in [0.2, 0.25) is 0 Å². The average Bonchev–Trinajstić information content (AvgIpc) is 2.71. The highest BCUT2D eigenvalue weighted by Gasteiger charge is 2.21. The number of benzene rings is 1. The predicted molar refractivity (Wildman–Crippen MR) is 114 cm³/mol. The van der Waals surface area contributed by atoms with Crippen molar-refractivity contribution in [2.24, 2.45) is 0 Å². The van der Waals surface area contributed by atoms with Gasteiger partial charge in [-0.05, 0) is 31.0 Å². The molecule has 0 bridgehead atoms. The van der Waals surface area contributed by atoms with Crippen LogP contribution in [0.15, 0.2) is 18.2 Å². The van der Waals surface area contributed by atoms with Crippen LogP contribution in [0.5, 0.6) is 0 Å². The number of piperazine rings is 1. The summed E-state index contributed by atoms with van der Waals surface area (Å²) in [5.74, 6) is -1.20. The second-order valence-corrected chi connectivity index (χ2v) is 7.30. The first-order valence-corrected chi connectivity index (χ1v) is 10.4. The molecular formula is C21H32N4O4. The SMILES string of the molecule is CCCCC(=O)Nc1ccc(N2CCN(CC(=O)NCCC)CC2)cc1C(=O)O. The van der Waals surface area contributed by atoms with Crippen molar-refractivity contribution in [2.75, 3.05) is 49.5 Å². The predicted octanol–water partition coefficient (Wildman–Crippen LogP) is 2.16. The van der Waals surface area contributed by atoms with Crippen molar-refractivity contribution in [1.82, 2.24) is 10.2 Å². The molecule has 8 nitrogen and oxygen atoms in total. The molecule has 2 amide bonds. The minimum Gasteiger partial charge on any atom is -0.478 e. The molecule has 160 valence electrons. The van der Waals surface area contributed by atoms with E-state index < -0.39 is 5.97 Å². The fourth-order valence-corrected chi connectivity index (χ4v) is 3.25. The molecule has 0 spiro atoms. The number of carbonyl (C=O) groups excluding carboxylic acids is 2. The van der Waals surface area contributed by atoms with E-state index in [9.17, 15) is 19.5 Å². The molecule has 29 heavy (non-hydrogen) atoms. The summed E-state index contributed by atoms with van der Waals surface area (Å²) in [6, 6.07) is 5.11. The molecule has 0 aliphatic carbocycles. The number of carbonyl (C=O) groups is 3. The monoisotopic (exact) mass is 404 g/mol. The normalized spacial score (nSPS) is 14.5. The van der Waals surface area contributed by atoms with Gasteiger partial charge >= 0.3 is 5.97 Å². The Balaban J connectivity index is 1.97. The highest BCUT2D eigenvalue weighted by atomic mass is 16.4. The van der Waals surface area contributed by atoms with Crippen molar-refractivity contribution in [3.63, 3.8) is 0 Å². The van der Waals surface area contributed by atoms with Gasteiger partial charge in [0.05, 0.1) is 17.8 Å². The first kappa shape index (κ1) is 22.7. The Hall–Kier alpha value is -2.61. The van der Waals surface area contributed by atoms with Gasteiger partial charge in [0, 0.05) is 44.8 Å². The molecule has 0 unspecified atom stereocenters. The zero-order chi connectivity index (χ0) is 21.2. The number of hydrogen-bond donors (Lipinski definition) is 3. The number of amides is 2. The van der Waals surface area contributed by atoms with Gasteiger partial charge in [-0.25, -0.2) is 4.79 Å². The van der Waals surface area contributed by atoms with Crippen molar-refractivity contribution in [3.8, 4) is 0 Å². The summed E-state index contributed by atoms with van der Waals surface area (Å²) in [4.78, 5) is 39.7. The van der Waals surface area contributed by atoms with Crippen LogP contribution in [-0.4, -0.2) is 67.1 Å². The minimum atomic E-state index is -1.07. The van der Waals surface area contributed by atoms with Crippen molar-refractivity contribution < 1.29 is 19.5 Å². The summed E-state index contributed by atoms with van der Waals surface area (Å²) in [5, 5.41) is 15.2. The molecule has 8 heteroatoms. The third-order valence-corrected chi connectivity index (χ3v) is 4.94. The van der Waals surface area contributed by atoms with Crippen LogP contribution in [0.3, 0.4) is 0 Å². The molecule has 1 aromatic rings. The quantitative estimate of drug-likeness (QED) is 0.552. The molecule has 3 N–H and O–H groups in total. The molecule has 0 saturated carbocycles. The molecule has 0 atom stereocenters. The van der Waals surface area contributed by atoms with Crippen LogP contribution in [0, 0.1) is 0 Å². The zero-order valence-corrected chi connectivity index (χ0v) is 17.4. The van der Waals surface area contributed by atoms with Crippen LogP contribution < -0.4 is 15.5 Å². The summed E-state index contributed by atoms with van der Waals surface area (Å²) >= 11 is 0. The van der Waals surface area contributed by atoms with Crippen molar-refractivity contribution in [2.45, 2.75) is 39.5 Å². The second kappa shape index (κ2) is 11.4. The number of nitrogens with one attached hydrogen (secondary N) is 2. The van der Waals surface area contributed by atoms with E-state index in [0.29, 0.717) is 38.3 Å². The lowest BCUT2D eigenvalue weighted by Crippen LogP contribution is -2.49. The Morgan fingerprint density at radius 2 is 1.76 bits per heavy atom.